The van der Waals surface area contributed by atoms with E-state index in [9.17, 15) is 19.8 Å². The summed E-state index contributed by atoms with van der Waals surface area (Å²) >= 11 is 0. The number of carbonyl (C=O) groups is 2. The van der Waals surface area contributed by atoms with Crippen LogP contribution in [0.15, 0.2) is 47.1 Å². The monoisotopic (exact) mass is 355 g/mol. The molecule has 0 fully saturated rings. The minimum atomic E-state index is -1.28. The van der Waals surface area contributed by atoms with Crippen LogP contribution in [0.2, 0.25) is 0 Å². The predicted molar refractivity (Wildman–Crippen MR) is 93.3 cm³/mol. The summed E-state index contributed by atoms with van der Waals surface area (Å²) in [6.07, 6.45) is 0. The molecular weight excluding hydrogens is 338 g/mol. The molecule has 0 aliphatic heterocycles. The van der Waals surface area contributed by atoms with E-state index in [1.807, 2.05) is 19.0 Å². The number of benzene rings is 2. The van der Waals surface area contributed by atoms with E-state index in [0.717, 1.165) is 5.69 Å². The van der Waals surface area contributed by atoms with Gasteiger partial charge in [0, 0.05) is 19.8 Å². The lowest BCUT2D eigenvalue weighted by atomic mass is 9.81. The molecule has 26 heavy (non-hydrogen) atoms. The molecular formula is C18H17N3O5. The smallest absolute Gasteiger partial charge is 0.312 e. The van der Waals surface area contributed by atoms with E-state index in [2.05, 4.69) is 14.9 Å². The van der Waals surface area contributed by atoms with Gasteiger partial charge in [-0.3, -0.25) is 9.59 Å². The van der Waals surface area contributed by atoms with Gasteiger partial charge in [-0.1, -0.05) is 18.2 Å². The molecule has 0 radical (unpaired) electrons. The maximum atomic E-state index is 11.9. The zero-order valence-corrected chi connectivity index (χ0v) is 14.2. The summed E-state index contributed by atoms with van der Waals surface area (Å²) in [5.74, 6) is -4.97. The quantitative estimate of drug-likeness (QED) is 0.692. The number of aliphatic carboxylic acids is 2. The van der Waals surface area contributed by atoms with Gasteiger partial charge in [0.15, 0.2) is 0 Å². The first-order chi connectivity index (χ1) is 12.4. The van der Waals surface area contributed by atoms with Crippen molar-refractivity contribution in [2.24, 2.45) is 0 Å². The Balaban J connectivity index is 2.07. The van der Waals surface area contributed by atoms with Gasteiger partial charge in [0.1, 0.15) is 11.0 Å². The van der Waals surface area contributed by atoms with Gasteiger partial charge in [0.2, 0.25) is 0 Å². The van der Waals surface area contributed by atoms with E-state index in [0.29, 0.717) is 22.2 Å². The zero-order valence-electron chi connectivity index (χ0n) is 14.2. The van der Waals surface area contributed by atoms with Crippen LogP contribution in [0, 0.1) is 0 Å². The molecule has 1 heterocycles. The molecule has 0 saturated heterocycles. The van der Waals surface area contributed by atoms with Crippen molar-refractivity contribution >= 4 is 28.7 Å². The summed E-state index contributed by atoms with van der Waals surface area (Å²) in [5, 5.41) is 26.9. The van der Waals surface area contributed by atoms with Crippen molar-refractivity contribution in [3.8, 4) is 0 Å². The van der Waals surface area contributed by atoms with Crippen molar-refractivity contribution in [2.45, 2.75) is 11.8 Å². The van der Waals surface area contributed by atoms with Gasteiger partial charge >= 0.3 is 11.9 Å². The number of aromatic nitrogens is 2. The van der Waals surface area contributed by atoms with Crippen molar-refractivity contribution in [3.05, 3.63) is 53.6 Å². The summed E-state index contributed by atoms with van der Waals surface area (Å²) in [6.45, 7) is 0. The fourth-order valence-electron chi connectivity index (χ4n) is 2.93. The Bertz CT molecular complexity index is 949. The number of fused-ring (bicyclic) bond motifs is 1. The third kappa shape index (κ3) is 3.21. The van der Waals surface area contributed by atoms with Gasteiger partial charge in [-0.05, 0) is 45.7 Å². The number of carboxylic acids is 2. The second kappa shape index (κ2) is 6.83. The normalized spacial score (nSPS) is 13.3. The van der Waals surface area contributed by atoms with Gasteiger partial charge in [-0.15, -0.1) is 0 Å². The van der Waals surface area contributed by atoms with Crippen LogP contribution in [-0.2, 0) is 9.59 Å². The van der Waals surface area contributed by atoms with Crippen LogP contribution >= 0.6 is 0 Å². The standard InChI is InChI=1S/C18H17N3O5/c1-21(2)12-6-3-10(4-7-12)15(17(22)23)16(18(24)25)11-5-8-13-14(9-11)20-26-19-13/h3-9,15-16H,1-2H3,(H,22,23)(H,24,25). The number of anilines is 1. The highest BCUT2D eigenvalue weighted by Crippen LogP contribution is 2.35. The molecule has 2 atom stereocenters. The Morgan fingerprint density at radius 1 is 0.885 bits per heavy atom. The lowest BCUT2D eigenvalue weighted by Gasteiger charge is -2.22. The number of carboxylic acid groups (broad SMARTS) is 2. The molecule has 0 aliphatic rings. The molecule has 8 heteroatoms. The van der Waals surface area contributed by atoms with E-state index in [1.54, 1.807) is 30.3 Å². The van der Waals surface area contributed by atoms with Crippen LogP contribution in [0.4, 0.5) is 5.69 Å². The van der Waals surface area contributed by atoms with E-state index < -0.39 is 23.8 Å². The van der Waals surface area contributed by atoms with E-state index >= 15 is 0 Å². The first kappa shape index (κ1) is 17.4. The van der Waals surface area contributed by atoms with Crippen molar-refractivity contribution in [3.63, 3.8) is 0 Å². The lowest BCUT2D eigenvalue weighted by molar-refractivity contribution is -0.147. The number of hydrogen-bond acceptors (Lipinski definition) is 6. The molecule has 2 unspecified atom stereocenters. The number of rotatable bonds is 6. The van der Waals surface area contributed by atoms with Crippen LogP contribution in [0.1, 0.15) is 23.0 Å². The van der Waals surface area contributed by atoms with E-state index in [1.165, 1.54) is 12.1 Å². The highest BCUT2D eigenvalue weighted by atomic mass is 16.6. The fraction of sp³-hybridized carbons (Fsp3) is 0.222. The lowest BCUT2D eigenvalue weighted by Crippen LogP contribution is -2.26. The van der Waals surface area contributed by atoms with E-state index in [4.69, 9.17) is 0 Å². The molecule has 3 rings (SSSR count). The summed E-state index contributed by atoms with van der Waals surface area (Å²) in [5.41, 5.74) is 2.47. The summed E-state index contributed by atoms with van der Waals surface area (Å²) in [6, 6.07) is 11.4. The minimum Gasteiger partial charge on any atom is -0.481 e. The molecule has 0 bridgehead atoms. The fourth-order valence-corrected chi connectivity index (χ4v) is 2.93. The second-order valence-electron chi connectivity index (χ2n) is 6.13. The van der Waals surface area contributed by atoms with Crippen LogP contribution in [0.5, 0.6) is 0 Å². The highest BCUT2D eigenvalue weighted by molar-refractivity contribution is 5.89. The summed E-state index contributed by atoms with van der Waals surface area (Å²) in [4.78, 5) is 25.7. The Morgan fingerprint density at radius 3 is 2.00 bits per heavy atom. The van der Waals surface area contributed by atoms with Crippen molar-refractivity contribution in [1.82, 2.24) is 10.3 Å². The number of nitrogens with zero attached hydrogens (tertiary/aromatic N) is 3. The molecule has 134 valence electrons. The third-order valence-electron chi connectivity index (χ3n) is 4.27. The van der Waals surface area contributed by atoms with Crippen molar-refractivity contribution in [2.75, 3.05) is 19.0 Å². The molecule has 0 amide bonds. The third-order valence-corrected chi connectivity index (χ3v) is 4.27. The van der Waals surface area contributed by atoms with Crippen LogP contribution in [0.3, 0.4) is 0 Å². The van der Waals surface area contributed by atoms with Crippen LogP contribution in [0.25, 0.3) is 11.0 Å². The molecule has 1 aromatic heterocycles. The van der Waals surface area contributed by atoms with Crippen molar-refractivity contribution < 1.29 is 24.4 Å². The molecule has 0 spiro atoms. The SMILES string of the molecule is CN(C)c1ccc(C(C(=O)O)C(C(=O)O)c2ccc3nonc3c2)cc1. The van der Waals surface area contributed by atoms with Crippen molar-refractivity contribution in [1.29, 1.82) is 0 Å². The Labute approximate surface area is 148 Å². The summed E-state index contributed by atoms with van der Waals surface area (Å²) < 4.78 is 4.62. The second-order valence-corrected chi connectivity index (χ2v) is 6.13. The van der Waals surface area contributed by atoms with Crippen LogP contribution < -0.4 is 4.90 Å². The maximum Gasteiger partial charge on any atom is 0.312 e. The minimum absolute atomic E-state index is 0.324. The Kier molecular flexibility index (Phi) is 4.57. The van der Waals surface area contributed by atoms with Crippen LogP contribution in [-0.4, -0.2) is 46.6 Å². The maximum absolute atomic E-state index is 11.9. The molecule has 2 aromatic carbocycles. The first-order valence-corrected chi connectivity index (χ1v) is 7.83. The summed E-state index contributed by atoms with van der Waals surface area (Å²) in [7, 11) is 3.73. The molecule has 8 nitrogen and oxygen atoms in total. The first-order valence-electron chi connectivity index (χ1n) is 7.83. The Morgan fingerprint density at radius 2 is 1.42 bits per heavy atom. The van der Waals surface area contributed by atoms with Gasteiger partial charge in [0.25, 0.3) is 0 Å². The largest absolute Gasteiger partial charge is 0.481 e. The van der Waals surface area contributed by atoms with Gasteiger partial charge in [-0.2, -0.15) is 0 Å². The average molecular weight is 355 g/mol. The zero-order chi connectivity index (χ0) is 18.8. The Hall–Kier alpha value is -3.42. The molecule has 3 aromatic rings. The predicted octanol–water partition coefficient (Wildman–Crippen LogP) is 2.33. The number of hydrogen-bond donors (Lipinski definition) is 2. The van der Waals surface area contributed by atoms with Gasteiger partial charge < -0.3 is 15.1 Å². The molecule has 0 aliphatic carbocycles. The molecule has 2 N–H and O–H groups in total. The highest BCUT2D eigenvalue weighted by Gasteiger charge is 2.36. The van der Waals surface area contributed by atoms with Gasteiger partial charge in [-0.25, -0.2) is 4.63 Å². The van der Waals surface area contributed by atoms with E-state index in [-0.39, 0.29) is 0 Å². The molecule has 0 saturated carbocycles. The van der Waals surface area contributed by atoms with Gasteiger partial charge in [0.05, 0.1) is 11.8 Å². The average Bonchev–Trinajstić information content (AvgIpc) is 3.06. The topological polar surface area (TPSA) is 117 Å².